The van der Waals surface area contributed by atoms with Crippen LogP contribution in [0, 0.1) is 0 Å². The first-order valence-corrected chi connectivity index (χ1v) is 9.90. The molecule has 0 saturated carbocycles. The molecule has 0 N–H and O–H groups in total. The first-order valence-electron chi connectivity index (χ1n) is 9.90. The van der Waals surface area contributed by atoms with E-state index in [9.17, 15) is 4.79 Å². The van der Waals surface area contributed by atoms with Gasteiger partial charge in [-0.2, -0.15) is 0 Å². The smallest absolute Gasteiger partial charge is 0.222 e. The standard InChI is InChI=1S/C19H39NO8/c1-4-19(21)20(5-7-24-13-15-26-11-9-22-2)6-8-25-14-16-28-18-17-27-12-10-23-3/h4-18H2,1-3H3. The molecule has 0 saturated heterocycles. The number of nitrogens with zero attached hydrogens (tertiary/aromatic N) is 1. The van der Waals surface area contributed by atoms with Crippen LogP contribution in [0.4, 0.5) is 0 Å². The summed E-state index contributed by atoms with van der Waals surface area (Å²) in [6.45, 7) is 9.26. The lowest BCUT2D eigenvalue weighted by Gasteiger charge is -2.22. The predicted octanol–water partition coefficient (Wildman–Crippen LogP) is 0.601. The summed E-state index contributed by atoms with van der Waals surface area (Å²) < 4.78 is 36.8. The molecule has 1 amide bonds. The van der Waals surface area contributed by atoms with Gasteiger partial charge in [-0.3, -0.25) is 4.79 Å². The first kappa shape index (κ1) is 27.2. The maximum Gasteiger partial charge on any atom is 0.222 e. The van der Waals surface area contributed by atoms with Crippen LogP contribution in [0.1, 0.15) is 13.3 Å². The minimum Gasteiger partial charge on any atom is -0.382 e. The highest BCUT2D eigenvalue weighted by Gasteiger charge is 2.10. The highest BCUT2D eigenvalue weighted by Crippen LogP contribution is 1.95. The molecule has 0 bridgehead atoms. The summed E-state index contributed by atoms with van der Waals surface area (Å²) in [4.78, 5) is 13.8. The second kappa shape index (κ2) is 22.5. The van der Waals surface area contributed by atoms with Gasteiger partial charge in [0.25, 0.3) is 0 Å². The lowest BCUT2D eigenvalue weighted by molar-refractivity contribution is -0.132. The normalized spacial score (nSPS) is 11.1. The molecule has 0 aliphatic heterocycles. The average Bonchev–Trinajstić information content (AvgIpc) is 2.71. The molecule has 9 heteroatoms. The fraction of sp³-hybridized carbons (Fsp3) is 0.947. The van der Waals surface area contributed by atoms with Crippen LogP contribution in [0.3, 0.4) is 0 Å². The molecule has 0 aliphatic rings. The number of carbonyl (C=O) groups excluding carboxylic acids is 1. The van der Waals surface area contributed by atoms with E-state index in [-0.39, 0.29) is 5.91 Å². The van der Waals surface area contributed by atoms with Crippen LogP contribution in [0.5, 0.6) is 0 Å². The van der Waals surface area contributed by atoms with Crippen molar-refractivity contribution in [2.24, 2.45) is 0 Å². The van der Waals surface area contributed by atoms with E-state index in [4.69, 9.17) is 33.2 Å². The Morgan fingerprint density at radius 2 is 0.893 bits per heavy atom. The molecule has 0 spiro atoms. The Kier molecular flexibility index (Phi) is 21.8. The Labute approximate surface area is 169 Å². The maximum absolute atomic E-state index is 12.0. The molecule has 9 nitrogen and oxygen atoms in total. The molecule has 0 atom stereocenters. The molecule has 168 valence electrons. The third-order valence-corrected chi connectivity index (χ3v) is 3.65. The van der Waals surface area contributed by atoms with Gasteiger partial charge < -0.3 is 38.1 Å². The van der Waals surface area contributed by atoms with Crippen LogP contribution in [0.15, 0.2) is 0 Å². The fourth-order valence-corrected chi connectivity index (χ4v) is 2.08. The highest BCUT2D eigenvalue weighted by atomic mass is 16.6. The summed E-state index contributed by atoms with van der Waals surface area (Å²) in [7, 11) is 3.27. The van der Waals surface area contributed by atoms with E-state index in [2.05, 4.69) is 0 Å². The third-order valence-electron chi connectivity index (χ3n) is 3.65. The van der Waals surface area contributed by atoms with Crippen molar-refractivity contribution in [2.75, 3.05) is 107 Å². The molecular weight excluding hydrogens is 370 g/mol. The number of hydrogen-bond donors (Lipinski definition) is 0. The van der Waals surface area contributed by atoms with Crippen LogP contribution >= 0.6 is 0 Å². The monoisotopic (exact) mass is 409 g/mol. The average molecular weight is 410 g/mol. The second-order valence-electron chi connectivity index (χ2n) is 5.78. The molecule has 0 aliphatic carbocycles. The molecule has 0 radical (unpaired) electrons. The zero-order chi connectivity index (χ0) is 20.7. The lowest BCUT2D eigenvalue weighted by atomic mass is 10.4. The Morgan fingerprint density at radius 1 is 0.571 bits per heavy atom. The summed E-state index contributed by atoms with van der Waals surface area (Å²) in [6.07, 6.45) is 0.465. The van der Waals surface area contributed by atoms with Crippen molar-refractivity contribution in [3.63, 3.8) is 0 Å². The second-order valence-corrected chi connectivity index (χ2v) is 5.78. The summed E-state index contributed by atoms with van der Waals surface area (Å²) in [5.41, 5.74) is 0. The van der Waals surface area contributed by atoms with E-state index < -0.39 is 0 Å². The van der Waals surface area contributed by atoms with Gasteiger partial charge in [0.15, 0.2) is 0 Å². The Balaban J connectivity index is 3.59. The van der Waals surface area contributed by atoms with Gasteiger partial charge in [0, 0.05) is 33.7 Å². The molecule has 28 heavy (non-hydrogen) atoms. The van der Waals surface area contributed by atoms with Crippen molar-refractivity contribution in [3.05, 3.63) is 0 Å². The van der Waals surface area contributed by atoms with E-state index in [1.54, 1.807) is 19.1 Å². The van der Waals surface area contributed by atoms with Crippen LogP contribution in [0.25, 0.3) is 0 Å². The van der Waals surface area contributed by atoms with Crippen LogP contribution in [-0.4, -0.2) is 117 Å². The quantitative estimate of drug-likeness (QED) is 0.240. The summed E-state index contributed by atoms with van der Waals surface area (Å²) >= 11 is 0. The molecular formula is C19H39NO8. The Bertz CT molecular complexity index is 333. The molecule has 0 rings (SSSR count). The molecule has 0 fully saturated rings. The van der Waals surface area contributed by atoms with Crippen molar-refractivity contribution in [1.82, 2.24) is 4.90 Å². The number of hydrogen-bond acceptors (Lipinski definition) is 8. The topological polar surface area (TPSA) is 84.9 Å². The van der Waals surface area contributed by atoms with Gasteiger partial charge in [-0.1, -0.05) is 6.92 Å². The van der Waals surface area contributed by atoms with Crippen molar-refractivity contribution >= 4 is 5.91 Å². The zero-order valence-corrected chi connectivity index (χ0v) is 17.8. The molecule has 0 aromatic rings. The van der Waals surface area contributed by atoms with Crippen molar-refractivity contribution < 1.29 is 38.0 Å². The summed E-state index contributed by atoms with van der Waals surface area (Å²) in [6, 6.07) is 0. The number of rotatable bonds is 22. The van der Waals surface area contributed by atoms with Crippen LogP contribution < -0.4 is 0 Å². The van der Waals surface area contributed by atoms with Gasteiger partial charge >= 0.3 is 0 Å². The zero-order valence-electron chi connectivity index (χ0n) is 17.8. The molecule has 0 aromatic heterocycles. The maximum atomic E-state index is 12.0. The number of ether oxygens (including phenoxy) is 7. The van der Waals surface area contributed by atoms with Gasteiger partial charge in [-0.15, -0.1) is 0 Å². The largest absolute Gasteiger partial charge is 0.382 e. The van der Waals surface area contributed by atoms with E-state index >= 15 is 0 Å². The SMILES string of the molecule is CCC(=O)N(CCOCCOCCOC)CCOCCOCCOCCOC. The lowest BCUT2D eigenvalue weighted by Crippen LogP contribution is -2.36. The Hall–Kier alpha value is -0.810. The number of methoxy groups -OCH3 is 2. The van der Waals surface area contributed by atoms with Gasteiger partial charge in [-0.05, 0) is 0 Å². The van der Waals surface area contributed by atoms with Crippen LogP contribution in [-0.2, 0) is 38.0 Å². The minimum atomic E-state index is 0.0907. The first-order chi connectivity index (χ1) is 13.8. The van der Waals surface area contributed by atoms with Gasteiger partial charge in [0.2, 0.25) is 5.91 Å². The van der Waals surface area contributed by atoms with E-state index in [0.29, 0.717) is 98.8 Å². The molecule has 0 aromatic carbocycles. The third kappa shape index (κ3) is 18.5. The van der Waals surface area contributed by atoms with Gasteiger partial charge in [0.1, 0.15) is 0 Å². The van der Waals surface area contributed by atoms with Gasteiger partial charge in [0.05, 0.1) is 79.3 Å². The number of carbonyl (C=O) groups is 1. The van der Waals surface area contributed by atoms with E-state index in [1.807, 2.05) is 6.92 Å². The van der Waals surface area contributed by atoms with Crippen molar-refractivity contribution in [3.8, 4) is 0 Å². The van der Waals surface area contributed by atoms with Gasteiger partial charge in [-0.25, -0.2) is 0 Å². The van der Waals surface area contributed by atoms with Crippen molar-refractivity contribution in [1.29, 1.82) is 0 Å². The van der Waals surface area contributed by atoms with E-state index in [0.717, 1.165) is 0 Å². The van der Waals surface area contributed by atoms with Crippen molar-refractivity contribution in [2.45, 2.75) is 13.3 Å². The Morgan fingerprint density at radius 3 is 1.21 bits per heavy atom. The molecule has 0 unspecified atom stereocenters. The summed E-state index contributed by atoms with van der Waals surface area (Å²) in [5.74, 6) is 0.0907. The fourth-order valence-electron chi connectivity index (χ4n) is 2.08. The molecule has 0 heterocycles. The number of amides is 1. The summed E-state index contributed by atoms with van der Waals surface area (Å²) in [5, 5.41) is 0. The predicted molar refractivity (Wildman–Crippen MR) is 105 cm³/mol. The minimum absolute atomic E-state index is 0.0907. The van der Waals surface area contributed by atoms with Crippen LogP contribution in [0.2, 0.25) is 0 Å². The highest BCUT2D eigenvalue weighted by molar-refractivity contribution is 5.75. The van der Waals surface area contributed by atoms with E-state index in [1.165, 1.54) is 0 Å².